The van der Waals surface area contributed by atoms with Crippen LogP contribution in [0.4, 0.5) is 0 Å². The summed E-state index contributed by atoms with van der Waals surface area (Å²) in [5.41, 5.74) is 0. The van der Waals surface area contributed by atoms with Crippen LogP contribution >= 0.6 is 0 Å². The van der Waals surface area contributed by atoms with Crippen molar-refractivity contribution in [3.63, 3.8) is 0 Å². The number of hydrogen-bond donors (Lipinski definition) is 8. The zero-order valence-electron chi connectivity index (χ0n) is 35.9. The minimum absolute atomic E-state index is 0.0326. The van der Waals surface area contributed by atoms with Crippen molar-refractivity contribution in [1.82, 2.24) is 26.6 Å². The fraction of sp³-hybridized carbons (Fsp3) is 0.829. The Morgan fingerprint density at radius 1 is 0.417 bits per heavy atom. The molecule has 0 bridgehead atoms. The van der Waals surface area contributed by atoms with Crippen molar-refractivity contribution in [2.75, 3.05) is 79.5 Å². The van der Waals surface area contributed by atoms with Crippen LogP contribution in [0, 0.1) is 0 Å². The molecule has 0 aliphatic rings. The first-order valence-corrected chi connectivity index (χ1v) is 21.7. The Bertz CT molecular complexity index is 1180. The molecule has 0 radical (unpaired) electrons. The smallest absolute Gasteiger partial charge is 0.326 e. The summed E-state index contributed by atoms with van der Waals surface area (Å²) in [6, 6.07) is -1.74. The number of ether oxygens (including phenoxy) is 4. The van der Waals surface area contributed by atoms with Crippen molar-refractivity contribution in [2.24, 2.45) is 0 Å². The molecule has 60 heavy (non-hydrogen) atoms. The molecular weight excluding hydrogens is 786 g/mol. The Balaban J connectivity index is 3.66. The largest absolute Gasteiger partial charge is 0.481 e. The monoisotopic (exact) mass is 862 g/mol. The Labute approximate surface area is 355 Å². The van der Waals surface area contributed by atoms with Crippen molar-refractivity contribution >= 4 is 41.5 Å². The lowest BCUT2D eigenvalue weighted by molar-refractivity contribution is -0.142. The van der Waals surface area contributed by atoms with Crippen LogP contribution in [-0.2, 0) is 52.5 Å². The molecule has 348 valence electrons. The highest BCUT2D eigenvalue weighted by atomic mass is 16.5. The zero-order chi connectivity index (χ0) is 44.5. The number of aliphatic carboxylic acids is 3. The SMILES string of the molecule is CN[C@@H](CCCCNC(=O)COCCOCCNC(=O)COCCOCCNC(=O)CC[C@H](NC(=O)CCCCCCCCCCCCCCCC(=O)O)C(=O)O)C(=O)O. The van der Waals surface area contributed by atoms with Gasteiger partial charge < -0.3 is 60.9 Å². The second kappa shape index (κ2) is 40.5. The van der Waals surface area contributed by atoms with Crippen molar-refractivity contribution in [2.45, 2.75) is 141 Å². The Hall–Kier alpha value is -3.91. The summed E-state index contributed by atoms with van der Waals surface area (Å²) in [6.07, 6.45) is 15.8. The van der Waals surface area contributed by atoms with E-state index in [-0.39, 0.29) is 115 Å². The number of amides is 4. The van der Waals surface area contributed by atoms with Gasteiger partial charge in [-0.25, -0.2) is 4.79 Å². The van der Waals surface area contributed by atoms with E-state index in [0.717, 1.165) is 51.4 Å². The fourth-order valence-corrected chi connectivity index (χ4v) is 5.88. The second-order valence-corrected chi connectivity index (χ2v) is 14.5. The van der Waals surface area contributed by atoms with Crippen LogP contribution in [0.25, 0.3) is 0 Å². The van der Waals surface area contributed by atoms with Crippen LogP contribution in [0.15, 0.2) is 0 Å². The third-order valence-electron chi connectivity index (χ3n) is 9.32. The number of nitrogens with one attached hydrogen (secondary N) is 5. The first-order valence-electron chi connectivity index (χ1n) is 21.7. The van der Waals surface area contributed by atoms with E-state index in [1.807, 2.05) is 0 Å². The minimum Gasteiger partial charge on any atom is -0.481 e. The average Bonchev–Trinajstić information content (AvgIpc) is 3.20. The molecule has 0 unspecified atom stereocenters. The van der Waals surface area contributed by atoms with E-state index < -0.39 is 30.0 Å². The van der Waals surface area contributed by atoms with Gasteiger partial charge in [0.2, 0.25) is 23.6 Å². The summed E-state index contributed by atoms with van der Waals surface area (Å²) in [6.45, 7) is 1.86. The van der Waals surface area contributed by atoms with Gasteiger partial charge in [-0.2, -0.15) is 0 Å². The maximum atomic E-state index is 12.3. The molecular formula is C41H75N5O14. The molecule has 8 N–H and O–H groups in total. The van der Waals surface area contributed by atoms with E-state index in [2.05, 4.69) is 26.6 Å². The predicted octanol–water partition coefficient (Wildman–Crippen LogP) is 2.53. The number of carboxylic acid groups (broad SMARTS) is 3. The van der Waals surface area contributed by atoms with Gasteiger partial charge in [0.15, 0.2) is 0 Å². The summed E-state index contributed by atoms with van der Waals surface area (Å²) in [7, 11) is 1.59. The Morgan fingerprint density at radius 3 is 1.32 bits per heavy atom. The third kappa shape index (κ3) is 38.3. The molecule has 0 aromatic heterocycles. The molecule has 0 heterocycles. The molecule has 19 heteroatoms. The standard InChI is InChI=1S/C41H75N5O14/c1-42-33(40(53)54)17-15-16-22-43-37(49)31-59-29-28-58-26-24-45-38(50)32-60-30-27-57-25-23-44-35(47)21-20-34(41(55)56)46-36(48)18-13-11-9-7-5-3-2-4-6-8-10-12-14-19-39(51)52/h33-34,42H,2-32H2,1H3,(H,43,49)(H,44,47)(H,45,50)(H,46,48)(H,51,52)(H,53,54)(H,55,56)/t33-,34-/m0/s1. The lowest BCUT2D eigenvalue weighted by Gasteiger charge is -2.14. The van der Waals surface area contributed by atoms with Gasteiger partial charge in [-0.05, 0) is 45.6 Å². The second-order valence-electron chi connectivity index (χ2n) is 14.5. The van der Waals surface area contributed by atoms with Crippen molar-refractivity contribution < 1.29 is 67.8 Å². The molecule has 0 aliphatic heterocycles. The molecule has 0 aliphatic carbocycles. The highest BCUT2D eigenvalue weighted by Gasteiger charge is 2.21. The van der Waals surface area contributed by atoms with Crippen LogP contribution < -0.4 is 26.6 Å². The summed E-state index contributed by atoms with van der Waals surface area (Å²) in [5.74, 6) is -4.11. The molecule has 0 saturated heterocycles. The molecule has 19 nitrogen and oxygen atoms in total. The van der Waals surface area contributed by atoms with Gasteiger partial charge in [-0.3, -0.25) is 28.8 Å². The number of carboxylic acids is 3. The lowest BCUT2D eigenvalue weighted by atomic mass is 10.0. The average molecular weight is 862 g/mol. The fourth-order valence-electron chi connectivity index (χ4n) is 5.88. The number of unbranched alkanes of at least 4 members (excludes halogenated alkanes) is 13. The number of carbonyl (C=O) groups is 7. The van der Waals surface area contributed by atoms with E-state index in [4.69, 9.17) is 29.2 Å². The molecule has 0 rings (SSSR count). The van der Waals surface area contributed by atoms with Crippen LogP contribution in [0.3, 0.4) is 0 Å². The summed E-state index contributed by atoms with van der Waals surface area (Å²) in [5, 5.41) is 40.4. The van der Waals surface area contributed by atoms with Crippen LogP contribution in [0.2, 0.25) is 0 Å². The number of rotatable bonds is 44. The Kier molecular flexibility index (Phi) is 37.9. The molecule has 4 amide bonds. The molecule has 0 fully saturated rings. The van der Waals surface area contributed by atoms with Gasteiger partial charge in [0.25, 0.3) is 0 Å². The molecule has 0 aromatic carbocycles. The number of carbonyl (C=O) groups excluding carboxylic acids is 4. The van der Waals surface area contributed by atoms with Gasteiger partial charge in [-0.1, -0.05) is 70.6 Å². The maximum Gasteiger partial charge on any atom is 0.326 e. The molecule has 0 saturated carbocycles. The minimum atomic E-state index is -1.19. The summed E-state index contributed by atoms with van der Waals surface area (Å²) >= 11 is 0. The zero-order valence-corrected chi connectivity index (χ0v) is 35.9. The van der Waals surface area contributed by atoms with Gasteiger partial charge in [0, 0.05) is 38.9 Å². The van der Waals surface area contributed by atoms with Crippen LogP contribution in [0.5, 0.6) is 0 Å². The van der Waals surface area contributed by atoms with E-state index in [0.29, 0.717) is 32.2 Å². The van der Waals surface area contributed by atoms with E-state index in [1.54, 1.807) is 7.05 Å². The first kappa shape index (κ1) is 56.1. The van der Waals surface area contributed by atoms with Gasteiger partial charge in [-0.15, -0.1) is 0 Å². The quantitative estimate of drug-likeness (QED) is 0.0409. The van der Waals surface area contributed by atoms with Gasteiger partial charge in [0.1, 0.15) is 25.3 Å². The Morgan fingerprint density at radius 2 is 0.850 bits per heavy atom. The van der Waals surface area contributed by atoms with E-state index in [9.17, 15) is 38.7 Å². The highest BCUT2D eigenvalue weighted by molar-refractivity contribution is 5.84. The molecule has 0 aromatic rings. The maximum absolute atomic E-state index is 12.3. The number of hydrogen-bond acceptors (Lipinski definition) is 12. The van der Waals surface area contributed by atoms with E-state index >= 15 is 0 Å². The van der Waals surface area contributed by atoms with Crippen molar-refractivity contribution in [1.29, 1.82) is 0 Å². The highest BCUT2D eigenvalue weighted by Crippen LogP contribution is 2.13. The molecule has 0 spiro atoms. The van der Waals surface area contributed by atoms with Gasteiger partial charge in [0.05, 0.1) is 39.6 Å². The van der Waals surface area contributed by atoms with Crippen molar-refractivity contribution in [3.05, 3.63) is 0 Å². The number of likely N-dealkylation sites (N-methyl/N-ethyl adjacent to an activating group) is 1. The topological polar surface area (TPSA) is 277 Å². The lowest BCUT2D eigenvalue weighted by Crippen LogP contribution is -2.41. The molecule has 2 atom stereocenters. The summed E-state index contributed by atoms with van der Waals surface area (Å²) in [4.78, 5) is 81.3. The van der Waals surface area contributed by atoms with E-state index in [1.165, 1.54) is 25.7 Å². The first-order chi connectivity index (χ1) is 29.0. The van der Waals surface area contributed by atoms with Crippen LogP contribution in [0.1, 0.15) is 128 Å². The third-order valence-corrected chi connectivity index (χ3v) is 9.32. The van der Waals surface area contributed by atoms with Crippen LogP contribution in [-0.4, -0.2) is 148 Å². The van der Waals surface area contributed by atoms with Crippen molar-refractivity contribution in [3.8, 4) is 0 Å². The predicted molar refractivity (Wildman–Crippen MR) is 222 cm³/mol. The normalized spacial score (nSPS) is 12.0. The summed E-state index contributed by atoms with van der Waals surface area (Å²) < 4.78 is 21.3. The van der Waals surface area contributed by atoms with Gasteiger partial charge >= 0.3 is 17.9 Å².